The standard InChI is InChI=1S/C25H40O3/c1-18(2)16-23(19(3)4)22-12-13-24(25(17-22)26-6)28-20(5)27-15-14-21-10-8-7-9-11-21/h12-13,16-17,19-21,23H,7-11,14-15H2,1-6H3. The highest BCUT2D eigenvalue weighted by Crippen LogP contribution is 2.35. The smallest absolute Gasteiger partial charge is 0.197 e. The van der Waals surface area contributed by atoms with Crippen LogP contribution in [0, 0.1) is 11.8 Å². The quantitative estimate of drug-likeness (QED) is 0.316. The van der Waals surface area contributed by atoms with Crippen LogP contribution in [0.5, 0.6) is 11.5 Å². The van der Waals surface area contributed by atoms with Crippen molar-refractivity contribution in [3.63, 3.8) is 0 Å². The van der Waals surface area contributed by atoms with Gasteiger partial charge in [0.15, 0.2) is 17.8 Å². The molecule has 0 spiro atoms. The molecule has 2 unspecified atom stereocenters. The Labute approximate surface area is 172 Å². The highest BCUT2D eigenvalue weighted by molar-refractivity contribution is 5.45. The molecule has 28 heavy (non-hydrogen) atoms. The first-order chi connectivity index (χ1) is 13.4. The van der Waals surface area contributed by atoms with Gasteiger partial charge in [0, 0.05) is 5.92 Å². The molecule has 0 heterocycles. The lowest BCUT2D eigenvalue weighted by Gasteiger charge is -2.23. The fraction of sp³-hybridized carbons (Fsp3) is 0.680. The minimum Gasteiger partial charge on any atom is -0.493 e. The predicted octanol–water partition coefficient (Wildman–Crippen LogP) is 7.11. The van der Waals surface area contributed by atoms with Gasteiger partial charge in [0.1, 0.15) is 0 Å². The second-order valence-corrected chi connectivity index (χ2v) is 8.77. The lowest BCUT2D eigenvalue weighted by Crippen LogP contribution is -2.19. The van der Waals surface area contributed by atoms with E-state index in [1.165, 1.54) is 43.2 Å². The van der Waals surface area contributed by atoms with Crippen LogP contribution in [0.1, 0.15) is 84.6 Å². The summed E-state index contributed by atoms with van der Waals surface area (Å²) in [6, 6.07) is 6.27. The predicted molar refractivity (Wildman–Crippen MR) is 117 cm³/mol. The van der Waals surface area contributed by atoms with E-state index in [-0.39, 0.29) is 6.29 Å². The molecular formula is C25H40O3. The van der Waals surface area contributed by atoms with Crippen molar-refractivity contribution in [3.8, 4) is 11.5 Å². The Kier molecular flexibility index (Phi) is 9.37. The number of hydrogen-bond donors (Lipinski definition) is 0. The lowest BCUT2D eigenvalue weighted by molar-refractivity contribution is -0.0720. The molecular weight excluding hydrogens is 348 g/mol. The Balaban J connectivity index is 1.96. The average Bonchev–Trinajstić information content (AvgIpc) is 2.67. The van der Waals surface area contributed by atoms with E-state index in [0.717, 1.165) is 30.4 Å². The maximum Gasteiger partial charge on any atom is 0.197 e. The second kappa shape index (κ2) is 11.5. The Morgan fingerprint density at radius 2 is 1.79 bits per heavy atom. The summed E-state index contributed by atoms with van der Waals surface area (Å²) in [5, 5.41) is 0. The molecule has 0 N–H and O–H groups in total. The molecule has 3 heteroatoms. The molecule has 1 aromatic rings. The van der Waals surface area contributed by atoms with Gasteiger partial charge in [0.2, 0.25) is 0 Å². The van der Waals surface area contributed by atoms with Crippen LogP contribution < -0.4 is 9.47 Å². The summed E-state index contributed by atoms with van der Waals surface area (Å²) in [7, 11) is 1.70. The lowest BCUT2D eigenvalue weighted by atomic mass is 9.87. The molecule has 2 rings (SSSR count). The van der Waals surface area contributed by atoms with Crippen molar-refractivity contribution in [1.29, 1.82) is 0 Å². The molecule has 0 aliphatic heterocycles. The third-order valence-corrected chi connectivity index (χ3v) is 5.70. The topological polar surface area (TPSA) is 27.7 Å². The number of hydrogen-bond acceptors (Lipinski definition) is 3. The molecule has 0 saturated heterocycles. The van der Waals surface area contributed by atoms with E-state index < -0.39 is 0 Å². The van der Waals surface area contributed by atoms with Crippen molar-refractivity contribution in [2.24, 2.45) is 11.8 Å². The van der Waals surface area contributed by atoms with Crippen LogP contribution in [0.3, 0.4) is 0 Å². The molecule has 0 radical (unpaired) electrons. The SMILES string of the molecule is COc1cc(C(C=C(C)C)C(C)C)ccc1OC(C)OCCC1CCCCC1. The molecule has 2 atom stereocenters. The maximum absolute atomic E-state index is 6.04. The fourth-order valence-electron chi connectivity index (χ4n) is 4.11. The van der Waals surface area contributed by atoms with Gasteiger partial charge in [-0.2, -0.15) is 0 Å². The molecule has 1 aromatic carbocycles. The number of rotatable bonds is 10. The van der Waals surface area contributed by atoms with Crippen molar-refractivity contribution >= 4 is 0 Å². The minimum atomic E-state index is -0.276. The van der Waals surface area contributed by atoms with Crippen LogP contribution in [0.2, 0.25) is 0 Å². The van der Waals surface area contributed by atoms with E-state index in [4.69, 9.17) is 14.2 Å². The Bertz CT molecular complexity index is 610. The average molecular weight is 389 g/mol. The van der Waals surface area contributed by atoms with Crippen molar-refractivity contribution in [3.05, 3.63) is 35.4 Å². The Morgan fingerprint density at radius 3 is 2.39 bits per heavy atom. The largest absolute Gasteiger partial charge is 0.493 e. The summed E-state index contributed by atoms with van der Waals surface area (Å²) in [6.45, 7) is 11.5. The molecule has 3 nitrogen and oxygen atoms in total. The molecule has 1 aliphatic carbocycles. The highest BCUT2D eigenvalue weighted by Gasteiger charge is 2.18. The van der Waals surface area contributed by atoms with Gasteiger partial charge in [-0.1, -0.05) is 63.7 Å². The fourth-order valence-corrected chi connectivity index (χ4v) is 4.11. The zero-order valence-electron chi connectivity index (χ0n) is 18.8. The van der Waals surface area contributed by atoms with Gasteiger partial charge in [-0.25, -0.2) is 0 Å². The number of methoxy groups -OCH3 is 1. The summed E-state index contributed by atoms with van der Waals surface area (Å²) in [5.41, 5.74) is 2.59. The Morgan fingerprint density at radius 1 is 1.07 bits per heavy atom. The highest BCUT2D eigenvalue weighted by atomic mass is 16.7. The zero-order chi connectivity index (χ0) is 20.5. The van der Waals surface area contributed by atoms with Crippen molar-refractivity contribution < 1.29 is 14.2 Å². The molecule has 0 aromatic heterocycles. The van der Waals surface area contributed by atoms with E-state index in [1.54, 1.807) is 7.11 Å². The van der Waals surface area contributed by atoms with E-state index in [0.29, 0.717) is 11.8 Å². The first-order valence-electron chi connectivity index (χ1n) is 11.0. The molecule has 0 amide bonds. The van der Waals surface area contributed by atoms with Gasteiger partial charge in [0.05, 0.1) is 13.7 Å². The summed E-state index contributed by atoms with van der Waals surface area (Å²) in [5.74, 6) is 3.24. The summed E-state index contributed by atoms with van der Waals surface area (Å²) >= 11 is 0. The van der Waals surface area contributed by atoms with E-state index in [1.807, 2.05) is 13.0 Å². The third kappa shape index (κ3) is 7.16. The van der Waals surface area contributed by atoms with E-state index in [9.17, 15) is 0 Å². The van der Waals surface area contributed by atoms with Crippen LogP contribution in [-0.2, 0) is 4.74 Å². The summed E-state index contributed by atoms with van der Waals surface area (Å²) in [6.07, 6.45) is 10.1. The second-order valence-electron chi connectivity index (χ2n) is 8.77. The molecule has 0 bridgehead atoms. The van der Waals surface area contributed by atoms with Crippen LogP contribution in [0.4, 0.5) is 0 Å². The molecule has 1 saturated carbocycles. The van der Waals surface area contributed by atoms with Crippen LogP contribution in [-0.4, -0.2) is 20.0 Å². The van der Waals surface area contributed by atoms with Crippen molar-refractivity contribution in [1.82, 2.24) is 0 Å². The van der Waals surface area contributed by atoms with Crippen LogP contribution >= 0.6 is 0 Å². The Hall–Kier alpha value is -1.48. The van der Waals surface area contributed by atoms with Gasteiger partial charge < -0.3 is 14.2 Å². The molecule has 158 valence electrons. The number of benzene rings is 1. The van der Waals surface area contributed by atoms with Gasteiger partial charge in [-0.05, 0) is 56.7 Å². The summed E-state index contributed by atoms with van der Waals surface area (Å²) < 4.78 is 17.6. The first kappa shape index (κ1) is 22.8. The number of ether oxygens (including phenoxy) is 3. The monoisotopic (exact) mass is 388 g/mol. The first-order valence-corrected chi connectivity index (χ1v) is 11.0. The van der Waals surface area contributed by atoms with Gasteiger partial charge >= 0.3 is 0 Å². The zero-order valence-corrected chi connectivity index (χ0v) is 18.8. The van der Waals surface area contributed by atoms with Crippen molar-refractivity contribution in [2.75, 3.05) is 13.7 Å². The van der Waals surface area contributed by atoms with Crippen LogP contribution in [0.15, 0.2) is 29.8 Å². The minimum absolute atomic E-state index is 0.276. The van der Waals surface area contributed by atoms with Gasteiger partial charge in [-0.3, -0.25) is 0 Å². The maximum atomic E-state index is 6.04. The normalized spacial score (nSPS) is 17.2. The van der Waals surface area contributed by atoms with E-state index >= 15 is 0 Å². The van der Waals surface area contributed by atoms with Crippen molar-refractivity contribution in [2.45, 2.75) is 85.4 Å². The number of allylic oxidation sites excluding steroid dienone is 2. The summed E-state index contributed by atoms with van der Waals surface area (Å²) in [4.78, 5) is 0. The van der Waals surface area contributed by atoms with Gasteiger partial charge in [-0.15, -0.1) is 0 Å². The van der Waals surface area contributed by atoms with E-state index in [2.05, 4.69) is 45.9 Å². The molecule has 1 fully saturated rings. The van der Waals surface area contributed by atoms with Crippen LogP contribution in [0.25, 0.3) is 0 Å². The third-order valence-electron chi connectivity index (χ3n) is 5.70. The molecule has 1 aliphatic rings. The van der Waals surface area contributed by atoms with Gasteiger partial charge in [0.25, 0.3) is 0 Å².